The molecule has 7 nitrogen and oxygen atoms in total. The Morgan fingerprint density at radius 1 is 0.806 bits per heavy atom. The zero-order chi connectivity index (χ0) is 25.2. The number of carbonyl (C=O) groups excluding carboxylic acids is 2. The number of nitrogens with zero attached hydrogens (tertiary/aromatic N) is 2. The number of methoxy groups -OCH3 is 1. The van der Waals surface area contributed by atoms with Crippen LogP contribution >= 0.6 is 0 Å². The lowest BCUT2D eigenvalue weighted by molar-refractivity contribution is -0.120. The van der Waals surface area contributed by atoms with Crippen molar-refractivity contribution in [2.45, 2.75) is 19.4 Å². The minimum absolute atomic E-state index is 0.0892. The maximum Gasteiger partial charge on any atom is 0.270 e. The van der Waals surface area contributed by atoms with Gasteiger partial charge in [-0.05, 0) is 47.0 Å². The van der Waals surface area contributed by atoms with E-state index in [2.05, 4.69) is 20.6 Å². The van der Waals surface area contributed by atoms with Crippen molar-refractivity contribution in [1.29, 1.82) is 0 Å². The number of hydrogen-bond donors (Lipinski definition) is 2. The molecule has 2 aromatic carbocycles. The maximum atomic E-state index is 13.0. The smallest absolute Gasteiger partial charge is 0.270 e. The predicted octanol–water partition coefficient (Wildman–Crippen LogP) is 3.98. The van der Waals surface area contributed by atoms with Crippen LogP contribution in [0.25, 0.3) is 11.1 Å². The molecule has 7 heteroatoms. The largest absolute Gasteiger partial charge is 0.497 e. The molecule has 182 valence electrons. The zero-order valence-corrected chi connectivity index (χ0v) is 20.1. The van der Waals surface area contributed by atoms with Crippen LogP contribution in [0.3, 0.4) is 0 Å². The topological polar surface area (TPSA) is 93.2 Å². The third-order valence-electron chi connectivity index (χ3n) is 5.72. The van der Waals surface area contributed by atoms with Crippen LogP contribution in [0.15, 0.2) is 91.3 Å². The van der Waals surface area contributed by atoms with Gasteiger partial charge in [0.2, 0.25) is 5.91 Å². The first-order valence-corrected chi connectivity index (χ1v) is 11.7. The van der Waals surface area contributed by atoms with Gasteiger partial charge in [0.25, 0.3) is 5.91 Å². The van der Waals surface area contributed by atoms with E-state index in [9.17, 15) is 9.59 Å². The summed E-state index contributed by atoms with van der Waals surface area (Å²) in [6.45, 7) is 0.787. The van der Waals surface area contributed by atoms with Crippen molar-refractivity contribution >= 4 is 11.8 Å². The minimum atomic E-state index is -0.250. The molecule has 0 saturated heterocycles. The van der Waals surface area contributed by atoms with Crippen LogP contribution in [-0.4, -0.2) is 35.4 Å². The number of carbonyl (C=O) groups is 2. The summed E-state index contributed by atoms with van der Waals surface area (Å²) in [5, 5.41) is 5.93. The summed E-state index contributed by atoms with van der Waals surface area (Å²) < 4.78 is 5.17. The van der Waals surface area contributed by atoms with Crippen LogP contribution in [-0.2, 0) is 24.2 Å². The van der Waals surface area contributed by atoms with Gasteiger partial charge in [0.05, 0.1) is 13.5 Å². The molecule has 0 bridgehead atoms. The molecule has 2 heterocycles. The van der Waals surface area contributed by atoms with Gasteiger partial charge in [0, 0.05) is 43.2 Å². The van der Waals surface area contributed by atoms with E-state index < -0.39 is 0 Å². The third-order valence-corrected chi connectivity index (χ3v) is 5.72. The summed E-state index contributed by atoms with van der Waals surface area (Å²) >= 11 is 0. The number of rotatable bonds is 10. The van der Waals surface area contributed by atoms with Crippen molar-refractivity contribution in [3.63, 3.8) is 0 Å². The predicted molar refractivity (Wildman–Crippen MR) is 138 cm³/mol. The number of nitrogens with one attached hydrogen (secondary N) is 2. The van der Waals surface area contributed by atoms with Crippen LogP contribution in [0.4, 0.5) is 0 Å². The van der Waals surface area contributed by atoms with Crippen molar-refractivity contribution in [2.75, 3.05) is 13.7 Å². The van der Waals surface area contributed by atoms with Crippen molar-refractivity contribution in [3.05, 3.63) is 114 Å². The van der Waals surface area contributed by atoms with Crippen LogP contribution in [0.2, 0.25) is 0 Å². The van der Waals surface area contributed by atoms with E-state index in [4.69, 9.17) is 4.74 Å². The highest BCUT2D eigenvalue weighted by Gasteiger charge is 2.16. The third kappa shape index (κ3) is 6.54. The van der Waals surface area contributed by atoms with Gasteiger partial charge in [-0.15, -0.1) is 0 Å². The van der Waals surface area contributed by atoms with Gasteiger partial charge in [-0.25, -0.2) is 0 Å². The summed E-state index contributed by atoms with van der Waals surface area (Å²) in [6, 6.07) is 24.5. The summed E-state index contributed by atoms with van der Waals surface area (Å²) in [4.78, 5) is 34.2. The average molecular weight is 481 g/mol. The second-order valence-electron chi connectivity index (χ2n) is 8.19. The van der Waals surface area contributed by atoms with E-state index in [-0.39, 0.29) is 18.2 Å². The molecule has 4 aromatic rings. The number of ether oxygens (including phenoxy) is 1. The fourth-order valence-electron chi connectivity index (χ4n) is 3.86. The molecule has 0 spiro atoms. The first-order valence-electron chi connectivity index (χ1n) is 11.7. The number of pyridine rings is 2. The lowest BCUT2D eigenvalue weighted by atomic mass is 9.97. The molecular weight excluding hydrogens is 452 g/mol. The van der Waals surface area contributed by atoms with Crippen LogP contribution in [0.1, 0.15) is 27.3 Å². The van der Waals surface area contributed by atoms with Gasteiger partial charge in [0.15, 0.2) is 0 Å². The Bertz CT molecular complexity index is 1310. The van der Waals surface area contributed by atoms with E-state index >= 15 is 0 Å². The first kappa shape index (κ1) is 24.6. The Morgan fingerprint density at radius 2 is 1.56 bits per heavy atom. The molecule has 36 heavy (non-hydrogen) atoms. The van der Waals surface area contributed by atoms with Crippen molar-refractivity contribution in [2.24, 2.45) is 0 Å². The highest BCUT2D eigenvalue weighted by Crippen LogP contribution is 2.26. The second-order valence-corrected chi connectivity index (χ2v) is 8.19. The molecule has 4 rings (SSSR count). The van der Waals surface area contributed by atoms with Crippen molar-refractivity contribution < 1.29 is 14.3 Å². The molecule has 0 saturated carbocycles. The Kier molecular flexibility index (Phi) is 8.38. The Balaban J connectivity index is 1.43. The molecule has 0 atom stereocenters. The van der Waals surface area contributed by atoms with E-state index in [0.29, 0.717) is 30.8 Å². The van der Waals surface area contributed by atoms with Gasteiger partial charge in [0.1, 0.15) is 11.4 Å². The molecular formula is C29H28N4O3. The standard InChI is InChI=1S/C29H28N4O3/c1-36-24-13-11-21(12-14-24)19-27(34)33-20-22-7-2-3-9-25(22)26-10-6-17-31-28(26)29(35)32-18-15-23-8-4-5-16-30-23/h2-14,16-17H,15,18-20H2,1H3,(H,32,35)(H,33,34). The van der Waals surface area contributed by atoms with Crippen molar-refractivity contribution in [3.8, 4) is 16.9 Å². The van der Waals surface area contributed by atoms with Crippen LogP contribution < -0.4 is 15.4 Å². The summed E-state index contributed by atoms with van der Waals surface area (Å²) in [5.74, 6) is 0.412. The fourth-order valence-corrected chi connectivity index (χ4v) is 3.86. The van der Waals surface area contributed by atoms with Gasteiger partial charge < -0.3 is 15.4 Å². The molecule has 0 unspecified atom stereocenters. The quantitative estimate of drug-likeness (QED) is 0.358. The normalized spacial score (nSPS) is 10.5. The number of benzene rings is 2. The SMILES string of the molecule is COc1ccc(CC(=O)NCc2ccccc2-c2cccnc2C(=O)NCCc2ccccn2)cc1. The molecule has 0 aliphatic carbocycles. The van der Waals surface area contributed by atoms with Crippen LogP contribution in [0, 0.1) is 0 Å². The Labute approximate surface area is 210 Å². The maximum absolute atomic E-state index is 13.0. The van der Waals surface area contributed by atoms with Gasteiger partial charge in [-0.3, -0.25) is 19.6 Å². The van der Waals surface area contributed by atoms with E-state index in [1.807, 2.05) is 72.8 Å². The van der Waals surface area contributed by atoms with Gasteiger partial charge in [-0.1, -0.05) is 48.5 Å². The number of hydrogen-bond acceptors (Lipinski definition) is 5. The molecule has 2 aromatic heterocycles. The minimum Gasteiger partial charge on any atom is -0.497 e. The molecule has 0 fully saturated rings. The summed E-state index contributed by atoms with van der Waals surface area (Å²) in [6.07, 6.45) is 4.24. The molecule has 2 amide bonds. The lowest BCUT2D eigenvalue weighted by Crippen LogP contribution is -2.27. The highest BCUT2D eigenvalue weighted by atomic mass is 16.5. The Hall–Kier alpha value is -4.52. The molecule has 2 N–H and O–H groups in total. The average Bonchev–Trinajstić information content (AvgIpc) is 2.93. The van der Waals surface area contributed by atoms with Gasteiger partial charge >= 0.3 is 0 Å². The summed E-state index contributed by atoms with van der Waals surface area (Å²) in [7, 11) is 1.61. The first-order chi connectivity index (χ1) is 17.6. The monoisotopic (exact) mass is 480 g/mol. The lowest BCUT2D eigenvalue weighted by Gasteiger charge is -2.14. The van der Waals surface area contributed by atoms with Gasteiger partial charge in [-0.2, -0.15) is 0 Å². The Morgan fingerprint density at radius 3 is 2.33 bits per heavy atom. The molecule has 0 radical (unpaired) electrons. The molecule has 0 aliphatic heterocycles. The molecule has 0 aliphatic rings. The van der Waals surface area contributed by atoms with E-state index in [1.54, 1.807) is 25.6 Å². The second kappa shape index (κ2) is 12.3. The van der Waals surface area contributed by atoms with Crippen molar-refractivity contribution in [1.82, 2.24) is 20.6 Å². The van der Waals surface area contributed by atoms with Crippen LogP contribution in [0.5, 0.6) is 5.75 Å². The number of amides is 2. The van der Waals surface area contributed by atoms with E-state index in [0.717, 1.165) is 28.1 Å². The highest BCUT2D eigenvalue weighted by molar-refractivity contribution is 5.99. The van der Waals surface area contributed by atoms with E-state index in [1.165, 1.54) is 0 Å². The number of aromatic nitrogens is 2. The zero-order valence-electron chi connectivity index (χ0n) is 20.1. The fraction of sp³-hybridized carbons (Fsp3) is 0.172. The summed E-state index contributed by atoms with van der Waals surface area (Å²) in [5.41, 5.74) is 4.62.